The van der Waals surface area contributed by atoms with Crippen molar-refractivity contribution in [1.29, 1.82) is 0 Å². The summed E-state index contributed by atoms with van der Waals surface area (Å²) < 4.78 is 72.5. The number of benzene rings is 2. The SMILES string of the molecule is CCO/C(=C(\[Se]c1ccccc1)C(O)/C=C/c1ccccc1)C(F)(F)C(F)(F)F. The van der Waals surface area contributed by atoms with E-state index in [9.17, 15) is 27.1 Å². The number of allylic oxidation sites excluding steroid dienone is 1. The van der Waals surface area contributed by atoms with Crippen LogP contribution in [-0.4, -0.2) is 44.9 Å². The summed E-state index contributed by atoms with van der Waals surface area (Å²) in [6, 6.07) is 16.8. The van der Waals surface area contributed by atoms with E-state index in [1.807, 2.05) is 0 Å². The first-order valence-electron chi connectivity index (χ1n) is 8.63. The predicted molar refractivity (Wildman–Crippen MR) is 103 cm³/mol. The van der Waals surface area contributed by atoms with Gasteiger partial charge in [-0.15, -0.1) is 0 Å². The number of hydrogen-bond acceptors (Lipinski definition) is 2. The van der Waals surface area contributed by atoms with Crippen LogP contribution in [0.15, 0.2) is 77.0 Å². The van der Waals surface area contributed by atoms with E-state index in [-0.39, 0.29) is 0 Å². The molecule has 156 valence electrons. The Morgan fingerprint density at radius 1 is 1.00 bits per heavy atom. The first-order valence-corrected chi connectivity index (χ1v) is 10.3. The number of alkyl halides is 5. The first kappa shape index (κ1) is 23.1. The zero-order chi connectivity index (χ0) is 21.5. The molecule has 0 aliphatic carbocycles. The molecule has 2 nitrogen and oxygen atoms in total. The first-order chi connectivity index (χ1) is 13.7. The Morgan fingerprint density at radius 2 is 1.55 bits per heavy atom. The standard InChI is InChI=1S/C21H19F5O2Se/c1-2-28-19(20(22,23)21(24,25)26)18(29-16-11-7-4-8-12-16)17(27)14-13-15-9-5-3-6-10-15/h3-14,17,27H,2H2,1H3/b14-13+,19-18-. The van der Waals surface area contributed by atoms with Crippen molar-refractivity contribution in [3.05, 3.63) is 82.5 Å². The van der Waals surface area contributed by atoms with Crippen molar-refractivity contribution in [1.82, 2.24) is 0 Å². The fraction of sp³-hybridized carbons (Fsp3) is 0.238. The van der Waals surface area contributed by atoms with E-state index >= 15 is 0 Å². The van der Waals surface area contributed by atoms with Crippen LogP contribution >= 0.6 is 0 Å². The molecule has 0 fully saturated rings. The van der Waals surface area contributed by atoms with Crippen LogP contribution in [0.1, 0.15) is 12.5 Å². The number of hydrogen-bond donors (Lipinski definition) is 1. The van der Waals surface area contributed by atoms with Gasteiger partial charge in [0.05, 0.1) is 0 Å². The summed E-state index contributed by atoms with van der Waals surface area (Å²) in [5, 5.41) is 10.5. The maximum atomic E-state index is 14.2. The third-order valence-corrected chi connectivity index (χ3v) is 6.09. The summed E-state index contributed by atoms with van der Waals surface area (Å²) in [6.45, 7) is 0.913. The predicted octanol–water partition coefficient (Wildman–Crippen LogP) is 4.54. The fourth-order valence-corrected chi connectivity index (χ4v) is 4.45. The minimum absolute atomic E-state index is 0.398. The Kier molecular flexibility index (Phi) is 8.02. The zero-order valence-electron chi connectivity index (χ0n) is 15.4. The molecule has 0 aliphatic heterocycles. The normalized spacial score (nSPS) is 14.6. The van der Waals surface area contributed by atoms with E-state index in [0.717, 1.165) is 0 Å². The van der Waals surface area contributed by atoms with Gasteiger partial charge in [0.15, 0.2) is 0 Å². The third kappa shape index (κ3) is 6.16. The van der Waals surface area contributed by atoms with Crippen molar-refractivity contribution in [2.45, 2.75) is 25.1 Å². The molecule has 2 aromatic rings. The van der Waals surface area contributed by atoms with Gasteiger partial charge in [-0.2, -0.15) is 0 Å². The summed E-state index contributed by atoms with van der Waals surface area (Å²) in [5.41, 5.74) is 0.665. The van der Waals surface area contributed by atoms with Gasteiger partial charge in [0.25, 0.3) is 0 Å². The minimum atomic E-state index is -5.85. The molecule has 2 rings (SSSR count). The van der Waals surface area contributed by atoms with Crippen LogP contribution in [0, 0.1) is 0 Å². The van der Waals surface area contributed by atoms with Crippen molar-refractivity contribution in [3.8, 4) is 0 Å². The second kappa shape index (κ2) is 10.1. The van der Waals surface area contributed by atoms with E-state index in [1.165, 1.54) is 19.1 Å². The number of aliphatic hydroxyl groups excluding tert-OH is 1. The van der Waals surface area contributed by atoms with Gasteiger partial charge in [0.1, 0.15) is 0 Å². The number of aliphatic hydroxyl groups is 1. The Hall–Kier alpha value is -2.15. The quantitative estimate of drug-likeness (QED) is 0.344. The van der Waals surface area contributed by atoms with E-state index in [2.05, 4.69) is 0 Å². The molecule has 1 N–H and O–H groups in total. The molecule has 0 amide bonds. The van der Waals surface area contributed by atoms with Crippen LogP contribution in [-0.2, 0) is 4.74 Å². The van der Waals surface area contributed by atoms with Gasteiger partial charge >= 0.3 is 172 Å². The Morgan fingerprint density at radius 3 is 2.07 bits per heavy atom. The molecule has 0 spiro atoms. The van der Waals surface area contributed by atoms with Crippen LogP contribution in [0.2, 0.25) is 0 Å². The van der Waals surface area contributed by atoms with E-state index in [0.29, 0.717) is 10.0 Å². The van der Waals surface area contributed by atoms with E-state index < -0.39 is 50.0 Å². The van der Waals surface area contributed by atoms with Crippen LogP contribution < -0.4 is 4.46 Å². The molecular weight excluding hydrogens is 458 g/mol. The van der Waals surface area contributed by atoms with Crippen molar-refractivity contribution in [2.24, 2.45) is 0 Å². The second-order valence-corrected chi connectivity index (χ2v) is 8.17. The Balaban J connectivity index is 2.54. The number of halogens is 5. The van der Waals surface area contributed by atoms with Crippen LogP contribution in [0.3, 0.4) is 0 Å². The molecule has 0 saturated carbocycles. The van der Waals surface area contributed by atoms with Gasteiger partial charge in [-0.3, -0.25) is 0 Å². The van der Waals surface area contributed by atoms with Crippen LogP contribution in [0.5, 0.6) is 0 Å². The molecule has 1 unspecified atom stereocenters. The molecular formula is C21H19F5O2Se. The third-order valence-electron chi connectivity index (χ3n) is 3.66. The molecule has 0 heterocycles. The maximum absolute atomic E-state index is 14.2. The summed E-state index contributed by atoms with van der Waals surface area (Å²) >= 11 is -1.03. The molecule has 0 aliphatic rings. The number of ether oxygens (including phenoxy) is 1. The molecule has 8 heteroatoms. The second-order valence-electron chi connectivity index (χ2n) is 5.83. The molecule has 29 heavy (non-hydrogen) atoms. The van der Waals surface area contributed by atoms with Gasteiger partial charge in [0.2, 0.25) is 0 Å². The molecule has 0 radical (unpaired) electrons. The van der Waals surface area contributed by atoms with E-state index in [1.54, 1.807) is 60.7 Å². The molecule has 1 atom stereocenters. The molecule has 0 saturated heterocycles. The monoisotopic (exact) mass is 478 g/mol. The van der Waals surface area contributed by atoms with Crippen LogP contribution in [0.4, 0.5) is 22.0 Å². The molecule has 2 aromatic carbocycles. The van der Waals surface area contributed by atoms with Gasteiger partial charge < -0.3 is 0 Å². The summed E-state index contributed by atoms with van der Waals surface area (Å²) in [4.78, 5) is 0. The summed E-state index contributed by atoms with van der Waals surface area (Å²) in [7, 11) is 0. The average Bonchev–Trinajstić information content (AvgIpc) is 2.69. The molecule has 0 bridgehead atoms. The van der Waals surface area contributed by atoms with Gasteiger partial charge in [-0.05, 0) is 0 Å². The molecule has 0 aromatic heterocycles. The zero-order valence-corrected chi connectivity index (χ0v) is 17.1. The summed E-state index contributed by atoms with van der Waals surface area (Å²) in [5.74, 6) is -6.77. The summed E-state index contributed by atoms with van der Waals surface area (Å²) in [6.07, 6.45) is -4.88. The Bertz CT molecular complexity index is 833. The van der Waals surface area contributed by atoms with Crippen molar-refractivity contribution >= 4 is 25.5 Å². The average molecular weight is 477 g/mol. The number of rotatable bonds is 8. The van der Waals surface area contributed by atoms with Gasteiger partial charge in [-0.25, -0.2) is 0 Å². The van der Waals surface area contributed by atoms with Crippen molar-refractivity contribution in [3.63, 3.8) is 0 Å². The fourth-order valence-electron chi connectivity index (χ4n) is 2.30. The topological polar surface area (TPSA) is 29.5 Å². The Labute approximate surface area is 171 Å². The van der Waals surface area contributed by atoms with Gasteiger partial charge in [0, 0.05) is 0 Å². The van der Waals surface area contributed by atoms with Gasteiger partial charge in [-0.1, -0.05) is 0 Å². The van der Waals surface area contributed by atoms with Crippen molar-refractivity contribution in [2.75, 3.05) is 6.61 Å². The van der Waals surface area contributed by atoms with Crippen LogP contribution in [0.25, 0.3) is 6.08 Å². The van der Waals surface area contributed by atoms with E-state index in [4.69, 9.17) is 4.74 Å². The van der Waals surface area contributed by atoms with Crippen molar-refractivity contribution < 1.29 is 31.8 Å².